The fourth-order valence-electron chi connectivity index (χ4n) is 1.94. The van der Waals surface area contributed by atoms with Gasteiger partial charge in [0.05, 0.1) is 6.42 Å². The van der Waals surface area contributed by atoms with Crippen molar-refractivity contribution >= 4 is 17.4 Å². The summed E-state index contributed by atoms with van der Waals surface area (Å²) in [5.41, 5.74) is 0.625. The van der Waals surface area contributed by atoms with E-state index in [0.717, 1.165) is 13.0 Å². The number of hydrogen-bond donors (Lipinski definition) is 0. The molecule has 0 unspecified atom stereocenters. The van der Waals surface area contributed by atoms with Crippen molar-refractivity contribution in [2.24, 2.45) is 0 Å². The van der Waals surface area contributed by atoms with E-state index in [1.165, 1.54) is 24.5 Å². The van der Waals surface area contributed by atoms with Crippen LogP contribution in [-0.2, 0) is 24.2 Å². The predicted octanol–water partition coefficient (Wildman–Crippen LogP) is 2.83. The Labute approximate surface area is 121 Å². The second-order valence-corrected chi connectivity index (χ2v) is 4.93. The van der Waals surface area contributed by atoms with E-state index in [0.29, 0.717) is 11.4 Å². The van der Waals surface area contributed by atoms with Crippen LogP contribution >= 0.6 is 11.6 Å². The molecular formula is C14H15ClFN3O. The van der Waals surface area contributed by atoms with Gasteiger partial charge in [-0.2, -0.15) is 5.10 Å². The topological polar surface area (TPSA) is 47.8 Å². The molecule has 0 aliphatic carbocycles. The fourth-order valence-corrected chi connectivity index (χ4v) is 2.17. The van der Waals surface area contributed by atoms with Crippen LogP contribution in [0.1, 0.15) is 24.7 Å². The smallest absolute Gasteiger partial charge is 0.144 e. The van der Waals surface area contributed by atoms with Crippen molar-refractivity contribution in [3.63, 3.8) is 0 Å². The van der Waals surface area contributed by atoms with Crippen molar-refractivity contribution in [2.75, 3.05) is 0 Å². The summed E-state index contributed by atoms with van der Waals surface area (Å²) in [6.07, 6.45) is 2.74. The number of carbonyl (C=O) groups excluding carboxylic acids is 1. The highest BCUT2D eigenvalue weighted by atomic mass is 35.5. The highest BCUT2D eigenvalue weighted by Crippen LogP contribution is 2.18. The second-order valence-electron chi connectivity index (χ2n) is 4.53. The van der Waals surface area contributed by atoms with Crippen LogP contribution < -0.4 is 0 Å². The number of carbonyl (C=O) groups is 1. The van der Waals surface area contributed by atoms with Crippen molar-refractivity contribution < 1.29 is 9.18 Å². The number of Topliss-reactive ketones (excluding diaryl/α,β-unsaturated/α-hetero) is 1. The van der Waals surface area contributed by atoms with Crippen LogP contribution in [0.4, 0.5) is 4.39 Å². The lowest BCUT2D eigenvalue weighted by Crippen LogP contribution is -2.13. The molecule has 2 aromatic rings. The quantitative estimate of drug-likeness (QED) is 0.823. The summed E-state index contributed by atoms with van der Waals surface area (Å²) in [6.45, 7) is 2.77. The molecule has 0 aliphatic rings. The molecule has 0 aliphatic heterocycles. The Balaban J connectivity index is 2.03. The summed E-state index contributed by atoms with van der Waals surface area (Å²) in [6, 6.07) is 4.05. The number of rotatable bonds is 6. The molecule has 20 heavy (non-hydrogen) atoms. The highest BCUT2D eigenvalue weighted by Gasteiger charge is 2.12. The van der Waals surface area contributed by atoms with Crippen LogP contribution in [0.15, 0.2) is 24.5 Å². The zero-order chi connectivity index (χ0) is 14.5. The molecule has 6 heteroatoms. The van der Waals surface area contributed by atoms with Crippen molar-refractivity contribution in [3.05, 3.63) is 46.8 Å². The van der Waals surface area contributed by atoms with Gasteiger partial charge in [0, 0.05) is 18.0 Å². The maximum atomic E-state index is 12.9. The predicted molar refractivity (Wildman–Crippen MR) is 74.1 cm³/mol. The van der Waals surface area contributed by atoms with E-state index in [2.05, 4.69) is 10.1 Å². The van der Waals surface area contributed by atoms with Gasteiger partial charge >= 0.3 is 0 Å². The molecule has 1 aromatic heterocycles. The number of nitrogens with zero attached hydrogens (tertiary/aromatic N) is 3. The van der Waals surface area contributed by atoms with E-state index in [1.807, 2.05) is 6.92 Å². The van der Waals surface area contributed by atoms with Gasteiger partial charge in [0.1, 0.15) is 23.8 Å². The minimum Gasteiger partial charge on any atom is -0.299 e. The minimum atomic E-state index is -0.408. The largest absolute Gasteiger partial charge is 0.299 e. The van der Waals surface area contributed by atoms with Gasteiger partial charge in [-0.25, -0.2) is 14.1 Å². The third-order valence-corrected chi connectivity index (χ3v) is 3.24. The Morgan fingerprint density at radius 2 is 2.20 bits per heavy atom. The summed E-state index contributed by atoms with van der Waals surface area (Å²) < 4.78 is 14.7. The van der Waals surface area contributed by atoms with Gasteiger partial charge in [-0.3, -0.25) is 4.79 Å². The average Bonchev–Trinajstić information content (AvgIpc) is 2.81. The first-order valence-corrected chi connectivity index (χ1v) is 6.80. The van der Waals surface area contributed by atoms with Gasteiger partial charge in [0.15, 0.2) is 0 Å². The summed E-state index contributed by atoms with van der Waals surface area (Å²) in [5.74, 6) is 0.216. The van der Waals surface area contributed by atoms with Crippen LogP contribution in [0.3, 0.4) is 0 Å². The molecule has 0 saturated carbocycles. The van der Waals surface area contributed by atoms with E-state index in [9.17, 15) is 9.18 Å². The molecule has 0 bridgehead atoms. The van der Waals surface area contributed by atoms with Gasteiger partial charge in [-0.05, 0) is 24.1 Å². The molecule has 0 fully saturated rings. The van der Waals surface area contributed by atoms with Crippen molar-refractivity contribution in [1.29, 1.82) is 0 Å². The van der Waals surface area contributed by atoms with Gasteiger partial charge in [-0.15, -0.1) is 0 Å². The Bertz CT molecular complexity index is 612. The first-order valence-electron chi connectivity index (χ1n) is 6.42. The number of hydrogen-bond acceptors (Lipinski definition) is 3. The van der Waals surface area contributed by atoms with Crippen LogP contribution in [-0.4, -0.2) is 20.5 Å². The Morgan fingerprint density at radius 3 is 2.90 bits per heavy atom. The summed E-state index contributed by atoms with van der Waals surface area (Å²) in [4.78, 5) is 16.1. The molecular weight excluding hydrogens is 281 g/mol. The number of aromatic nitrogens is 3. The standard InChI is InChI=1S/C14H15ClFN3O/c1-2-5-19-14(17-9-18-19)8-12(20)6-10-3-4-11(16)7-13(10)15/h3-4,7,9H,2,5-6,8H2,1H3. The van der Waals surface area contributed by atoms with Crippen LogP contribution in [0.25, 0.3) is 0 Å². The Hall–Kier alpha value is -1.75. The molecule has 2 rings (SSSR count). The molecule has 1 aromatic carbocycles. The van der Waals surface area contributed by atoms with Crippen LogP contribution in [0, 0.1) is 5.82 Å². The van der Waals surface area contributed by atoms with E-state index < -0.39 is 5.82 Å². The lowest BCUT2D eigenvalue weighted by molar-refractivity contribution is -0.117. The highest BCUT2D eigenvalue weighted by molar-refractivity contribution is 6.31. The Kier molecular flexibility index (Phi) is 4.84. The van der Waals surface area contributed by atoms with E-state index in [-0.39, 0.29) is 23.6 Å². The first-order chi connectivity index (χ1) is 9.60. The molecule has 0 spiro atoms. The van der Waals surface area contributed by atoms with Crippen LogP contribution in [0.5, 0.6) is 0 Å². The fraction of sp³-hybridized carbons (Fsp3) is 0.357. The number of ketones is 1. The zero-order valence-electron chi connectivity index (χ0n) is 11.1. The SMILES string of the molecule is CCCn1ncnc1CC(=O)Cc1ccc(F)cc1Cl. The molecule has 4 nitrogen and oxygen atoms in total. The average molecular weight is 296 g/mol. The molecule has 0 saturated heterocycles. The van der Waals surface area contributed by atoms with Gasteiger partial charge in [0.2, 0.25) is 0 Å². The minimum absolute atomic E-state index is 0.0242. The van der Waals surface area contributed by atoms with Crippen molar-refractivity contribution in [1.82, 2.24) is 14.8 Å². The van der Waals surface area contributed by atoms with Gasteiger partial charge in [-0.1, -0.05) is 24.6 Å². The van der Waals surface area contributed by atoms with Crippen LogP contribution in [0.2, 0.25) is 5.02 Å². The second kappa shape index (κ2) is 6.61. The molecule has 0 atom stereocenters. The first kappa shape index (κ1) is 14.7. The van der Waals surface area contributed by atoms with E-state index >= 15 is 0 Å². The maximum Gasteiger partial charge on any atom is 0.144 e. The lowest BCUT2D eigenvalue weighted by atomic mass is 10.1. The summed E-state index contributed by atoms with van der Waals surface area (Å²) >= 11 is 5.91. The molecule has 0 radical (unpaired) electrons. The third-order valence-electron chi connectivity index (χ3n) is 2.89. The molecule has 1 heterocycles. The van der Waals surface area contributed by atoms with Crippen molar-refractivity contribution in [2.45, 2.75) is 32.7 Å². The van der Waals surface area contributed by atoms with E-state index in [1.54, 1.807) is 4.68 Å². The van der Waals surface area contributed by atoms with Gasteiger partial charge < -0.3 is 0 Å². The maximum absolute atomic E-state index is 12.9. The molecule has 0 amide bonds. The monoisotopic (exact) mass is 295 g/mol. The molecule has 0 N–H and O–H groups in total. The lowest BCUT2D eigenvalue weighted by Gasteiger charge is -2.05. The third kappa shape index (κ3) is 3.63. The zero-order valence-corrected chi connectivity index (χ0v) is 11.9. The number of halogens is 2. The normalized spacial score (nSPS) is 10.8. The summed E-state index contributed by atoms with van der Waals surface area (Å²) in [5, 5.41) is 4.34. The van der Waals surface area contributed by atoms with E-state index in [4.69, 9.17) is 11.6 Å². The summed E-state index contributed by atoms with van der Waals surface area (Å²) in [7, 11) is 0. The van der Waals surface area contributed by atoms with Gasteiger partial charge in [0.25, 0.3) is 0 Å². The molecule has 106 valence electrons. The Morgan fingerprint density at radius 1 is 1.40 bits per heavy atom. The number of aryl methyl sites for hydroxylation is 1. The number of benzene rings is 1. The van der Waals surface area contributed by atoms with Crippen molar-refractivity contribution in [3.8, 4) is 0 Å².